The summed E-state index contributed by atoms with van der Waals surface area (Å²) in [6.07, 6.45) is 0. The van der Waals surface area contributed by atoms with Crippen LogP contribution in [-0.2, 0) is 5.33 Å². The molecule has 0 aromatic carbocycles. The highest BCUT2D eigenvalue weighted by Crippen LogP contribution is 1.91. The Balaban J connectivity index is 3.01. The molecule has 0 aliphatic carbocycles. The van der Waals surface area contributed by atoms with E-state index in [2.05, 4.69) is 30.6 Å². The number of rotatable bonds is 1. The molecule has 0 atom stereocenters. The summed E-state index contributed by atoms with van der Waals surface area (Å²) in [5.74, 6) is -0.00514. The van der Waals surface area contributed by atoms with Crippen molar-refractivity contribution in [3.05, 3.63) is 16.4 Å². The number of hydrogen-bond donors (Lipinski definition) is 1. The summed E-state index contributed by atoms with van der Waals surface area (Å²) in [5, 5.41) is 3.86. The van der Waals surface area contributed by atoms with Gasteiger partial charge in [0, 0.05) is 0 Å². The third-order valence-electron chi connectivity index (χ3n) is 0.612. The Labute approximate surface area is 53.0 Å². The Hall–Kier alpha value is -0.580. The molecule has 0 aliphatic heterocycles. The molecular formula is C3H3BrN2O2. The molecule has 0 amide bonds. The Bertz CT molecular complexity index is 215. The molecule has 4 nitrogen and oxygen atoms in total. The lowest BCUT2D eigenvalue weighted by molar-refractivity contribution is 0.383. The van der Waals surface area contributed by atoms with Gasteiger partial charge in [-0.15, -0.1) is 0 Å². The first kappa shape index (κ1) is 5.55. The van der Waals surface area contributed by atoms with Crippen molar-refractivity contribution >= 4 is 15.9 Å². The van der Waals surface area contributed by atoms with Crippen LogP contribution >= 0.6 is 15.9 Å². The Morgan fingerprint density at radius 1 is 1.88 bits per heavy atom. The minimum Gasteiger partial charge on any atom is -0.296 e. The first-order chi connectivity index (χ1) is 3.83. The number of aromatic amines is 1. The summed E-state index contributed by atoms with van der Waals surface area (Å²) in [4.78, 5) is 12.5. The fourth-order valence-electron chi connectivity index (χ4n) is 0.318. The highest BCUT2D eigenvalue weighted by atomic mass is 79.9. The molecule has 5 heteroatoms. The number of H-pyrrole nitrogens is 1. The molecule has 1 aromatic heterocycles. The molecule has 0 spiro atoms. The van der Waals surface area contributed by atoms with E-state index in [0.717, 1.165) is 0 Å². The van der Waals surface area contributed by atoms with Crippen LogP contribution in [0.5, 0.6) is 0 Å². The summed E-state index contributed by atoms with van der Waals surface area (Å²) in [5.41, 5.74) is 0. The monoisotopic (exact) mass is 178 g/mol. The molecular weight excluding hydrogens is 176 g/mol. The van der Waals surface area contributed by atoms with Gasteiger partial charge >= 0.3 is 5.76 Å². The van der Waals surface area contributed by atoms with Gasteiger partial charge in [0.25, 0.3) is 0 Å². The second kappa shape index (κ2) is 2.13. The van der Waals surface area contributed by atoms with Crippen LogP contribution in [0.3, 0.4) is 0 Å². The molecule has 1 aromatic rings. The van der Waals surface area contributed by atoms with Crippen LogP contribution in [-0.4, -0.2) is 10.1 Å². The van der Waals surface area contributed by atoms with E-state index in [1.807, 2.05) is 0 Å². The molecule has 0 radical (unpaired) electrons. The molecule has 1 N–H and O–H groups in total. The minimum absolute atomic E-state index is 0.509. The van der Waals surface area contributed by atoms with Crippen LogP contribution in [0.1, 0.15) is 5.82 Å². The number of halogens is 1. The summed E-state index contributed by atoms with van der Waals surface area (Å²) in [6, 6.07) is 0. The van der Waals surface area contributed by atoms with E-state index in [-0.39, 0.29) is 0 Å². The Kier molecular flexibility index (Phi) is 1.48. The summed E-state index contributed by atoms with van der Waals surface area (Å²) < 4.78 is 4.16. The Morgan fingerprint density at radius 3 is 2.88 bits per heavy atom. The van der Waals surface area contributed by atoms with E-state index in [1.165, 1.54) is 0 Å². The van der Waals surface area contributed by atoms with E-state index in [9.17, 15) is 4.79 Å². The van der Waals surface area contributed by atoms with Gasteiger partial charge in [-0.25, -0.2) is 4.79 Å². The highest BCUT2D eigenvalue weighted by molar-refractivity contribution is 9.08. The summed E-state index contributed by atoms with van der Waals surface area (Å²) in [6.45, 7) is 0. The van der Waals surface area contributed by atoms with E-state index < -0.39 is 5.76 Å². The van der Waals surface area contributed by atoms with Crippen molar-refractivity contribution in [2.24, 2.45) is 0 Å². The molecule has 0 saturated carbocycles. The van der Waals surface area contributed by atoms with E-state index in [0.29, 0.717) is 11.2 Å². The lowest BCUT2D eigenvalue weighted by atomic mass is 10.8. The van der Waals surface area contributed by atoms with Crippen LogP contribution < -0.4 is 5.76 Å². The van der Waals surface area contributed by atoms with Gasteiger partial charge in [-0.1, -0.05) is 21.1 Å². The van der Waals surface area contributed by atoms with E-state index in [1.54, 1.807) is 0 Å². The number of nitrogens with one attached hydrogen (secondary N) is 1. The normalized spacial score (nSPS) is 9.62. The largest absolute Gasteiger partial charge is 0.438 e. The van der Waals surface area contributed by atoms with Crippen molar-refractivity contribution in [2.75, 3.05) is 0 Å². The summed E-state index contributed by atoms with van der Waals surface area (Å²) in [7, 11) is 0. The molecule has 0 saturated heterocycles. The van der Waals surface area contributed by atoms with Gasteiger partial charge in [0.05, 0.1) is 5.33 Å². The van der Waals surface area contributed by atoms with Gasteiger partial charge in [-0.2, -0.15) is 0 Å². The van der Waals surface area contributed by atoms with Crippen LogP contribution in [0.4, 0.5) is 0 Å². The maximum atomic E-state index is 10.1. The van der Waals surface area contributed by atoms with E-state index >= 15 is 0 Å². The lowest BCUT2D eigenvalue weighted by Gasteiger charge is -1.72. The van der Waals surface area contributed by atoms with Gasteiger partial charge in [0.2, 0.25) is 0 Å². The second-order valence-corrected chi connectivity index (χ2v) is 1.74. The lowest BCUT2D eigenvalue weighted by Crippen LogP contribution is -1.95. The van der Waals surface area contributed by atoms with Crippen molar-refractivity contribution in [3.63, 3.8) is 0 Å². The van der Waals surface area contributed by atoms with Crippen LogP contribution in [0.25, 0.3) is 0 Å². The smallest absolute Gasteiger partial charge is 0.296 e. The Morgan fingerprint density at radius 2 is 2.62 bits per heavy atom. The highest BCUT2D eigenvalue weighted by Gasteiger charge is 1.93. The molecule has 44 valence electrons. The third-order valence-corrected chi connectivity index (χ3v) is 1.14. The van der Waals surface area contributed by atoms with Crippen molar-refractivity contribution in [1.29, 1.82) is 0 Å². The second-order valence-electron chi connectivity index (χ2n) is 1.18. The van der Waals surface area contributed by atoms with Crippen molar-refractivity contribution < 1.29 is 4.52 Å². The van der Waals surface area contributed by atoms with Crippen LogP contribution in [0.15, 0.2) is 9.32 Å². The maximum Gasteiger partial charge on any atom is 0.438 e. The van der Waals surface area contributed by atoms with Gasteiger partial charge in [0.15, 0.2) is 5.82 Å². The van der Waals surface area contributed by atoms with Crippen molar-refractivity contribution in [1.82, 2.24) is 10.1 Å². The molecule has 0 aliphatic rings. The standard InChI is InChI=1S/C3H3BrN2O2/c4-1-2-5-3(7)8-6-2/h1H2,(H,5,6,7). The van der Waals surface area contributed by atoms with Gasteiger partial charge in [0.1, 0.15) is 0 Å². The maximum absolute atomic E-state index is 10.1. The predicted molar refractivity (Wildman–Crippen MR) is 29.8 cm³/mol. The first-order valence-electron chi connectivity index (χ1n) is 1.94. The zero-order valence-electron chi connectivity index (χ0n) is 3.85. The average molecular weight is 179 g/mol. The van der Waals surface area contributed by atoms with Gasteiger partial charge < -0.3 is 0 Å². The molecule has 1 rings (SSSR count). The molecule has 0 fully saturated rings. The average Bonchev–Trinajstić information content (AvgIpc) is 2.14. The number of aromatic nitrogens is 2. The third kappa shape index (κ3) is 0.975. The zero-order valence-corrected chi connectivity index (χ0v) is 5.43. The zero-order chi connectivity index (χ0) is 5.98. The molecule has 0 bridgehead atoms. The number of alkyl halides is 1. The fraction of sp³-hybridized carbons (Fsp3) is 0.333. The van der Waals surface area contributed by atoms with Crippen molar-refractivity contribution in [3.8, 4) is 0 Å². The topological polar surface area (TPSA) is 58.9 Å². The SMILES string of the molecule is O=c1[nH]c(CBr)no1. The van der Waals surface area contributed by atoms with Crippen LogP contribution in [0.2, 0.25) is 0 Å². The number of nitrogens with zero attached hydrogens (tertiary/aromatic N) is 1. The van der Waals surface area contributed by atoms with Crippen LogP contribution in [0, 0.1) is 0 Å². The fourth-order valence-corrected chi connectivity index (χ4v) is 0.560. The van der Waals surface area contributed by atoms with Gasteiger partial charge in [-0.3, -0.25) is 9.51 Å². The minimum atomic E-state index is -0.514. The van der Waals surface area contributed by atoms with Gasteiger partial charge in [-0.05, 0) is 0 Å². The van der Waals surface area contributed by atoms with E-state index in [4.69, 9.17) is 0 Å². The summed E-state index contributed by atoms with van der Waals surface area (Å²) >= 11 is 3.08. The van der Waals surface area contributed by atoms with Crippen molar-refractivity contribution in [2.45, 2.75) is 5.33 Å². The predicted octanol–water partition coefficient (Wildman–Crippen LogP) is 0.258. The molecule has 8 heavy (non-hydrogen) atoms. The first-order valence-corrected chi connectivity index (χ1v) is 3.06. The molecule has 0 unspecified atom stereocenters. The quantitative estimate of drug-likeness (QED) is 0.628. The molecule has 1 heterocycles. The number of hydrogen-bond acceptors (Lipinski definition) is 3.